The highest BCUT2D eigenvalue weighted by Gasteiger charge is 2.23. The summed E-state index contributed by atoms with van der Waals surface area (Å²) in [5.74, 6) is -0.356. The normalized spacial score (nSPS) is 10.8. The van der Waals surface area contributed by atoms with E-state index in [0.29, 0.717) is 17.9 Å². The Hall–Kier alpha value is -2.37. The van der Waals surface area contributed by atoms with E-state index >= 15 is 0 Å². The van der Waals surface area contributed by atoms with Gasteiger partial charge in [-0.1, -0.05) is 0 Å². The van der Waals surface area contributed by atoms with Gasteiger partial charge in [-0.2, -0.15) is 0 Å². The molecule has 0 fully saturated rings. The number of hydrogen-bond acceptors (Lipinski definition) is 3. The molecule has 0 aliphatic rings. The average Bonchev–Trinajstić information content (AvgIpc) is 2.38. The Morgan fingerprint density at radius 1 is 0.957 bits per heavy atom. The van der Waals surface area contributed by atoms with Crippen LogP contribution in [0.5, 0.6) is 0 Å². The Balaban J connectivity index is 2.56. The van der Waals surface area contributed by atoms with E-state index in [0.717, 1.165) is 0 Å². The van der Waals surface area contributed by atoms with Gasteiger partial charge in [0.25, 0.3) is 0 Å². The summed E-state index contributed by atoms with van der Waals surface area (Å²) in [6, 6.07) is 6.87. The van der Waals surface area contributed by atoms with Crippen LogP contribution in [0, 0.1) is 0 Å². The fourth-order valence-electron chi connectivity index (χ4n) is 2.24. The Bertz CT molecular complexity index is 574. The van der Waals surface area contributed by atoms with Gasteiger partial charge in [0.05, 0.1) is 0 Å². The lowest BCUT2D eigenvalue weighted by Crippen LogP contribution is -2.45. The van der Waals surface area contributed by atoms with Gasteiger partial charge in [0.15, 0.2) is 0 Å². The van der Waals surface area contributed by atoms with Crippen LogP contribution in [-0.2, 0) is 14.4 Å². The van der Waals surface area contributed by atoms with E-state index in [1.54, 1.807) is 29.2 Å². The van der Waals surface area contributed by atoms with E-state index < -0.39 is 0 Å². The zero-order valence-electron chi connectivity index (χ0n) is 14.4. The lowest BCUT2D eigenvalue weighted by molar-refractivity contribution is -0.134. The number of nitrogens with one attached hydrogen (secondary N) is 2. The first-order chi connectivity index (χ1) is 10.6. The van der Waals surface area contributed by atoms with Gasteiger partial charge in [-0.3, -0.25) is 14.4 Å². The standard InChI is InChI=1S/C17H25N3O3/c1-12(21)18-14-6-8-15(9-7-14)19-16(23)10-11-20(13(2)22)17(3,4)5/h6-9H,10-11H2,1-5H3,(H,18,21)(H,19,23). The number of carbonyl (C=O) groups is 3. The van der Waals surface area contributed by atoms with Crippen LogP contribution in [0.4, 0.5) is 11.4 Å². The maximum absolute atomic E-state index is 12.0. The molecule has 0 radical (unpaired) electrons. The highest BCUT2D eigenvalue weighted by Crippen LogP contribution is 2.16. The molecule has 126 valence electrons. The quantitative estimate of drug-likeness (QED) is 0.875. The molecule has 0 aliphatic heterocycles. The SMILES string of the molecule is CC(=O)Nc1ccc(NC(=O)CCN(C(C)=O)C(C)(C)C)cc1. The van der Waals surface area contributed by atoms with Crippen LogP contribution in [0.1, 0.15) is 41.0 Å². The van der Waals surface area contributed by atoms with Crippen molar-refractivity contribution in [2.45, 2.75) is 46.6 Å². The molecular weight excluding hydrogens is 294 g/mol. The van der Waals surface area contributed by atoms with Crippen LogP contribution in [-0.4, -0.2) is 34.7 Å². The van der Waals surface area contributed by atoms with Gasteiger partial charge in [-0.15, -0.1) is 0 Å². The second-order valence-corrected chi connectivity index (χ2v) is 6.40. The molecule has 6 nitrogen and oxygen atoms in total. The van der Waals surface area contributed by atoms with Crippen molar-refractivity contribution in [2.75, 3.05) is 17.2 Å². The molecule has 0 unspecified atom stereocenters. The molecule has 0 aliphatic carbocycles. The average molecular weight is 319 g/mol. The minimum atomic E-state index is -0.313. The topological polar surface area (TPSA) is 78.5 Å². The third-order valence-corrected chi connectivity index (χ3v) is 3.24. The van der Waals surface area contributed by atoms with Gasteiger partial charge < -0.3 is 15.5 Å². The smallest absolute Gasteiger partial charge is 0.226 e. The summed E-state index contributed by atoms with van der Waals surface area (Å²) in [6.45, 7) is 9.12. The van der Waals surface area contributed by atoms with Gasteiger partial charge in [-0.25, -0.2) is 0 Å². The molecule has 1 aromatic carbocycles. The summed E-state index contributed by atoms with van der Waals surface area (Å²) in [7, 11) is 0. The highest BCUT2D eigenvalue weighted by molar-refractivity contribution is 5.92. The zero-order valence-corrected chi connectivity index (χ0v) is 14.4. The molecule has 1 aromatic rings. The van der Waals surface area contributed by atoms with Gasteiger partial charge in [0.1, 0.15) is 0 Å². The molecule has 0 saturated carbocycles. The van der Waals surface area contributed by atoms with E-state index in [4.69, 9.17) is 0 Å². The van der Waals surface area contributed by atoms with Gasteiger partial charge in [0.2, 0.25) is 17.7 Å². The molecule has 23 heavy (non-hydrogen) atoms. The third-order valence-electron chi connectivity index (χ3n) is 3.24. The van der Waals surface area contributed by atoms with E-state index in [1.807, 2.05) is 20.8 Å². The maximum atomic E-state index is 12.0. The van der Waals surface area contributed by atoms with Gasteiger partial charge in [-0.05, 0) is 45.0 Å². The van der Waals surface area contributed by atoms with E-state index in [1.165, 1.54) is 13.8 Å². The number of rotatable bonds is 5. The molecule has 0 heterocycles. The summed E-state index contributed by atoms with van der Waals surface area (Å²) >= 11 is 0. The van der Waals surface area contributed by atoms with Crippen molar-refractivity contribution in [1.82, 2.24) is 4.90 Å². The van der Waals surface area contributed by atoms with Crippen LogP contribution in [0.25, 0.3) is 0 Å². The van der Waals surface area contributed by atoms with Crippen molar-refractivity contribution in [3.63, 3.8) is 0 Å². The van der Waals surface area contributed by atoms with Gasteiger partial charge >= 0.3 is 0 Å². The van der Waals surface area contributed by atoms with Crippen LogP contribution in [0.2, 0.25) is 0 Å². The first-order valence-corrected chi connectivity index (χ1v) is 7.55. The summed E-state index contributed by atoms with van der Waals surface area (Å²) < 4.78 is 0. The Morgan fingerprint density at radius 3 is 1.83 bits per heavy atom. The molecule has 0 atom stereocenters. The number of nitrogens with zero attached hydrogens (tertiary/aromatic N) is 1. The fraction of sp³-hybridized carbons (Fsp3) is 0.471. The van der Waals surface area contributed by atoms with Crippen molar-refractivity contribution in [1.29, 1.82) is 0 Å². The number of hydrogen-bond donors (Lipinski definition) is 2. The second-order valence-electron chi connectivity index (χ2n) is 6.40. The predicted molar refractivity (Wildman–Crippen MR) is 91.1 cm³/mol. The Kier molecular flexibility index (Phi) is 6.30. The molecule has 0 saturated heterocycles. The van der Waals surface area contributed by atoms with Crippen molar-refractivity contribution in [3.05, 3.63) is 24.3 Å². The lowest BCUT2D eigenvalue weighted by atomic mass is 10.1. The van der Waals surface area contributed by atoms with E-state index in [2.05, 4.69) is 10.6 Å². The van der Waals surface area contributed by atoms with E-state index in [-0.39, 0.29) is 29.7 Å². The molecule has 2 N–H and O–H groups in total. The van der Waals surface area contributed by atoms with Crippen molar-refractivity contribution >= 4 is 29.1 Å². The summed E-state index contributed by atoms with van der Waals surface area (Å²) in [5, 5.41) is 5.44. The second kappa shape index (κ2) is 7.76. The number of carbonyl (C=O) groups excluding carboxylic acids is 3. The summed E-state index contributed by atoms with van der Waals surface area (Å²) in [5.41, 5.74) is 1.01. The molecule has 3 amide bonds. The van der Waals surface area contributed by atoms with Crippen molar-refractivity contribution in [2.24, 2.45) is 0 Å². The third kappa shape index (κ3) is 6.50. The van der Waals surface area contributed by atoms with Crippen LogP contribution in [0.3, 0.4) is 0 Å². The molecule has 0 bridgehead atoms. The summed E-state index contributed by atoms with van der Waals surface area (Å²) in [4.78, 5) is 36.3. The van der Waals surface area contributed by atoms with Crippen LogP contribution >= 0.6 is 0 Å². The first-order valence-electron chi connectivity index (χ1n) is 7.55. The lowest BCUT2D eigenvalue weighted by Gasteiger charge is -2.34. The first kappa shape index (κ1) is 18.7. The molecule has 0 aromatic heterocycles. The van der Waals surface area contributed by atoms with Crippen LogP contribution < -0.4 is 10.6 Å². The Labute approximate surface area is 137 Å². The summed E-state index contributed by atoms with van der Waals surface area (Å²) in [6.07, 6.45) is 0.226. The fourth-order valence-corrected chi connectivity index (χ4v) is 2.24. The Morgan fingerprint density at radius 2 is 1.43 bits per heavy atom. The number of anilines is 2. The number of benzene rings is 1. The van der Waals surface area contributed by atoms with Crippen LogP contribution in [0.15, 0.2) is 24.3 Å². The number of amides is 3. The zero-order chi connectivity index (χ0) is 17.6. The van der Waals surface area contributed by atoms with Crippen molar-refractivity contribution < 1.29 is 14.4 Å². The molecule has 0 spiro atoms. The van der Waals surface area contributed by atoms with Crippen molar-refractivity contribution in [3.8, 4) is 0 Å². The van der Waals surface area contributed by atoms with Gasteiger partial charge in [0, 0.05) is 43.7 Å². The minimum Gasteiger partial charge on any atom is -0.338 e. The molecular formula is C17H25N3O3. The maximum Gasteiger partial charge on any atom is 0.226 e. The highest BCUT2D eigenvalue weighted by atomic mass is 16.2. The minimum absolute atomic E-state index is 0.0510. The molecule has 6 heteroatoms. The largest absolute Gasteiger partial charge is 0.338 e. The molecule has 1 rings (SSSR count). The predicted octanol–water partition coefficient (Wildman–Crippen LogP) is 2.62. The van der Waals surface area contributed by atoms with E-state index in [9.17, 15) is 14.4 Å². The monoisotopic (exact) mass is 319 g/mol.